The second-order valence-electron chi connectivity index (χ2n) is 7.71. The Morgan fingerprint density at radius 3 is 2.28 bits per heavy atom. The van der Waals surface area contributed by atoms with Crippen molar-refractivity contribution >= 4 is 11.8 Å². The first-order valence-corrected chi connectivity index (χ1v) is 10.9. The van der Waals surface area contributed by atoms with E-state index < -0.39 is 6.04 Å². The topological polar surface area (TPSA) is 77.1 Å². The third-order valence-corrected chi connectivity index (χ3v) is 4.86. The molecule has 7 heteroatoms. The van der Waals surface area contributed by atoms with Gasteiger partial charge in [0.1, 0.15) is 17.5 Å². The second kappa shape index (κ2) is 13.4. The third-order valence-electron chi connectivity index (χ3n) is 4.86. The van der Waals surface area contributed by atoms with E-state index in [1.807, 2.05) is 56.3 Å². The zero-order valence-corrected chi connectivity index (χ0v) is 19.4. The molecule has 0 aliphatic carbocycles. The molecule has 1 N–H and O–H groups in total. The molecule has 1 atom stereocenters. The lowest BCUT2D eigenvalue weighted by Gasteiger charge is -2.29. The Labute approximate surface area is 190 Å². The van der Waals surface area contributed by atoms with E-state index in [0.29, 0.717) is 25.3 Å². The molecule has 0 spiro atoms. The maximum atomic E-state index is 13.0. The fourth-order valence-electron chi connectivity index (χ4n) is 3.01. The first kappa shape index (κ1) is 25.2. The summed E-state index contributed by atoms with van der Waals surface area (Å²) < 4.78 is 16.3. The van der Waals surface area contributed by atoms with Crippen LogP contribution >= 0.6 is 0 Å². The molecule has 174 valence electrons. The molecule has 0 aliphatic rings. The largest absolute Gasteiger partial charge is 0.497 e. The van der Waals surface area contributed by atoms with E-state index in [1.165, 1.54) is 4.90 Å². The van der Waals surface area contributed by atoms with Gasteiger partial charge in [0.25, 0.3) is 5.91 Å². The van der Waals surface area contributed by atoms with Crippen LogP contribution in [0.3, 0.4) is 0 Å². The van der Waals surface area contributed by atoms with Gasteiger partial charge in [-0.15, -0.1) is 0 Å². The highest BCUT2D eigenvalue weighted by Gasteiger charge is 2.26. The van der Waals surface area contributed by atoms with Gasteiger partial charge in [-0.1, -0.05) is 30.3 Å². The zero-order chi connectivity index (χ0) is 23.3. The Morgan fingerprint density at radius 1 is 0.969 bits per heavy atom. The van der Waals surface area contributed by atoms with Crippen molar-refractivity contribution in [1.82, 2.24) is 10.2 Å². The normalized spacial score (nSPS) is 11.7. The van der Waals surface area contributed by atoms with Crippen LogP contribution in [0, 0.1) is 0 Å². The summed E-state index contributed by atoms with van der Waals surface area (Å²) in [6.07, 6.45) is 0.868. The van der Waals surface area contributed by atoms with Crippen LogP contribution in [0.15, 0.2) is 54.6 Å². The molecule has 0 heterocycles. The minimum Gasteiger partial charge on any atom is -0.497 e. The summed E-state index contributed by atoms with van der Waals surface area (Å²) in [6.45, 7) is 6.87. The van der Waals surface area contributed by atoms with Gasteiger partial charge in [-0.05, 0) is 57.0 Å². The molecule has 2 aromatic rings. The lowest BCUT2D eigenvalue weighted by Crippen LogP contribution is -2.49. The number of nitrogens with zero attached hydrogens (tertiary/aromatic N) is 1. The third kappa shape index (κ3) is 8.59. The van der Waals surface area contributed by atoms with Crippen molar-refractivity contribution in [2.75, 3.05) is 26.9 Å². The van der Waals surface area contributed by atoms with E-state index in [2.05, 4.69) is 5.32 Å². The van der Waals surface area contributed by atoms with Crippen molar-refractivity contribution < 1.29 is 23.8 Å². The van der Waals surface area contributed by atoms with Gasteiger partial charge in [0.15, 0.2) is 6.61 Å². The molecule has 0 aromatic heterocycles. The zero-order valence-electron chi connectivity index (χ0n) is 19.4. The van der Waals surface area contributed by atoms with Gasteiger partial charge in [0, 0.05) is 19.7 Å². The summed E-state index contributed by atoms with van der Waals surface area (Å²) in [7, 11) is 1.60. The molecule has 0 saturated carbocycles. The van der Waals surface area contributed by atoms with E-state index in [1.54, 1.807) is 26.2 Å². The van der Waals surface area contributed by atoms with E-state index in [0.717, 1.165) is 11.3 Å². The standard InChI is InChI=1S/C25H34N2O5/c1-19(2)31-16-8-15-26-25(29)20(3)27(17-21-11-13-22(30-4)14-12-21)24(28)18-32-23-9-6-5-7-10-23/h5-7,9-14,19-20H,8,15-18H2,1-4H3,(H,26,29)/t20-/m0/s1. The Bertz CT molecular complexity index is 824. The predicted octanol–water partition coefficient (Wildman–Crippen LogP) is 3.42. The van der Waals surface area contributed by atoms with Crippen LogP contribution in [0.25, 0.3) is 0 Å². The lowest BCUT2D eigenvalue weighted by molar-refractivity contribution is -0.142. The molecule has 2 aromatic carbocycles. The number of benzene rings is 2. The summed E-state index contributed by atoms with van der Waals surface area (Å²) in [5.74, 6) is 0.854. The van der Waals surface area contributed by atoms with Gasteiger partial charge in [0.05, 0.1) is 13.2 Å². The van der Waals surface area contributed by atoms with E-state index in [-0.39, 0.29) is 31.1 Å². The Morgan fingerprint density at radius 2 is 1.66 bits per heavy atom. The van der Waals surface area contributed by atoms with Gasteiger partial charge in [-0.25, -0.2) is 0 Å². The number of amides is 2. The summed E-state index contributed by atoms with van der Waals surface area (Å²) in [5.41, 5.74) is 0.892. The molecule has 7 nitrogen and oxygen atoms in total. The van der Waals surface area contributed by atoms with E-state index >= 15 is 0 Å². The van der Waals surface area contributed by atoms with Crippen molar-refractivity contribution in [3.8, 4) is 11.5 Å². The highest BCUT2D eigenvalue weighted by Crippen LogP contribution is 2.16. The summed E-state index contributed by atoms with van der Waals surface area (Å²) in [5, 5.41) is 2.90. The molecular weight excluding hydrogens is 408 g/mol. The predicted molar refractivity (Wildman–Crippen MR) is 124 cm³/mol. The fourth-order valence-corrected chi connectivity index (χ4v) is 3.01. The highest BCUT2D eigenvalue weighted by atomic mass is 16.5. The minimum atomic E-state index is -0.657. The minimum absolute atomic E-state index is 0.153. The molecule has 0 fully saturated rings. The van der Waals surface area contributed by atoms with E-state index in [9.17, 15) is 9.59 Å². The van der Waals surface area contributed by atoms with Crippen LogP contribution in [0.4, 0.5) is 0 Å². The number of ether oxygens (including phenoxy) is 3. The SMILES string of the molecule is COc1ccc(CN(C(=O)COc2ccccc2)[C@@H](C)C(=O)NCCCOC(C)C)cc1. The molecule has 0 radical (unpaired) electrons. The van der Waals surface area contributed by atoms with Crippen molar-refractivity contribution in [3.05, 3.63) is 60.2 Å². The summed E-state index contributed by atoms with van der Waals surface area (Å²) in [6, 6.07) is 15.9. The molecule has 0 bridgehead atoms. The Kier molecular flexibility index (Phi) is 10.5. The smallest absolute Gasteiger partial charge is 0.261 e. The molecule has 2 rings (SSSR count). The monoisotopic (exact) mass is 442 g/mol. The number of carbonyl (C=O) groups is 2. The first-order chi connectivity index (χ1) is 15.4. The van der Waals surface area contributed by atoms with Crippen molar-refractivity contribution in [1.29, 1.82) is 0 Å². The number of para-hydroxylation sites is 1. The molecule has 0 saturated heterocycles. The number of hydrogen-bond acceptors (Lipinski definition) is 5. The second-order valence-corrected chi connectivity index (χ2v) is 7.71. The highest BCUT2D eigenvalue weighted by molar-refractivity contribution is 5.87. The molecule has 0 unspecified atom stereocenters. The van der Waals surface area contributed by atoms with Gasteiger partial charge in [-0.2, -0.15) is 0 Å². The van der Waals surface area contributed by atoms with Crippen LogP contribution in [-0.4, -0.2) is 55.7 Å². The molecule has 0 aliphatic heterocycles. The average Bonchev–Trinajstić information content (AvgIpc) is 2.81. The number of carbonyl (C=O) groups excluding carboxylic acids is 2. The number of nitrogens with one attached hydrogen (secondary N) is 1. The summed E-state index contributed by atoms with van der Waals surface area (Å²) >= 11 is 0. The van der Waals surface area contributed by atoms with Crippen molar-refractivity contribution in [3.63, 3.8) is 0 Å². The molecule has 2 amide bonds. The van der Waals surface area contributed by atoms with Gasteiger partial charge >= 0.3 is 0 Å². The van der Waals surface area contributed by atoms with Crippen LogP contribution in [-0.2, 0) is 20.9 Å². The fraction of sp³-hybridized carbons (Fsp3) is 0.440. The number of methoxy groups -OCH3 is 1. The van der Waals surface area contributed by atoms with Gasteiger partial charge < -0.3 is 24.4 Å². The Balaban J connectivity index is 2.02. The van der Waals surface area contributed by atoms with Crippen LogP contribution < -0.4 is 14.8 Å². The van der Waals surface area contributed by atoms with Crippen molar-refractivity contribution in [2.45, 2.75) is 45.9 Å². The van der Waals surface area contributed by atoms with Gasteiger partial charge in [0.2, 0.25) is 5.91 Å². The van der Waals surface area contributed by atoms with E-state index in [4.69, 9.17) is 14.2 Å². The maximum absolute atomic E-state index is 13.0. The van der Waals surface area contributed by atoms with Crippen LogP contribution in [0.5, 0.6) is 11.5 Å². The molecule has 32 heavy (non-hydrogen) atoms. The Hall–Kier alpha value is -3.06. The molecular formula is C25H34N2O5. The maximum Gasteiger partial charge on any atom is 0.261 e. The van der Waals surface area contributed by atoms with Crippen molar-refractivity contribution in [2.24, 2.45) is 0 Å². The number of rotatable bonds is 13. The first-order valence-electron chi connectivity index (χ1n) is 10.9. The summed E-state index contributed by atoms with van der Waals surface area (Å²) in [4.78, 5) is 27.3. The van der Waals surface area contributed by atoms with Gasteiger partial charge in [-0.3, -0.25) is 9.59 Å². The van der Waals surface area contributed by atoms with Crippen LogP contribution in [0.2, 0.25) is 0 Å². The number of hydrogen-bond donors (Lipinski definition) is 1. The lowest BCUT2D eigenvalue weighted by atomic mass is 10.1. The quantitative estimate of drug-likeness (QED) is 0.481. The average molecular weight is 443 g/mol. The van der Waals surface area contributed by atoms with Crippen LogP contribution in [0.1, 0.15) is 32.8 Å².